The largest absolute Gasteiger partial charge is 0.353 e. The second kappa shape index (κ2) is 9.38. The molecule has 0 N–H and O–H groups in total. The van der Waals surface area contributed by atoms with Gasteiger partial charge in [-0.05, 0) is 50.0 Å². The normalized spacial score (nSPS) is 37.1. The average Bonchev–Trinajstić information content (AvgIpc) is 3.37. The minimum absolute atomic E-state index is 0.0818. The molecule has 2 saturated carbocycles. The molecule has 0 aromatic heterocycles. The van der Waals surface area contributed by atoms with Crippen molar-refractivity contribution < 1.29 is 23.7 Å². The summed E-state index contributed by atoms with van der Waals surface area (Å²) in [6.07, 6.45) is 14.1. The summed E-state index contributed by atoms with van der Waals surface area (Å²) in [7, 11) is 0. The van der Waals surface area contributed by atoms with E-state index >= 15 is 0 Å². The van der Waals surface area contributed by atoms with Crippen molar-refractivity contribution in [1.29, 1.82) is 0 Å². The average molecular weight is 393 g/mol. The van der Waals surface area contributed by atoms with Crippen LogP contribution >= 0.6 is 0 Å². The Bertz CT molecular complexity index is 547. The van der Waals surface area contributed by atoms with Crippen molar-refractivity contribution in [3.05, 3.63) is 12.2 Å². The number of rotatable bonds is 8. The smallest absolute Gasteiger partial charge is 0.169 e. The minimum Gasteiger partial charge on any atom is -0.353 e. The van der Waals surface area contributed by atoms with E-state index in [1.165, 1.54) is 6.42 Å². The van der Waals surface area contributed by atoms with Gasteiger partial charge in [0.15, 0.2) is 17.9 Å². The quantitative estimate of drug-likeness (QED) is 0.453. The van der Waals surface area contributed by atoms with Gasteiger partial charge in [0.05, 0.1) is 19.3 Å². The summed E-state index contributed by atoms with van der Waals surface area (Å²) in [5, 5.41) is 0. The number of hydrogen-bond acceptors (Lipinski definition) is 5. The second-order valence-electron chi connectivity index (χ2n) is 9.01. The van der Waals surface area contributed by atoms with Crippen LogP contribution in [0.4, 0.5) is 0 Å². The van der Waals surface area contributed by atoms with Gasteiger partial charge in [-0.2, -0.15) is 0 Å². The molecule has 5 heteroatoms. The summed E-state index contributed by atoms with van der Waals surface area (Å²) in [5.41, 5.74) is 0. The van der Waals surface area contributed by atoms with E-state index in [9.17, 15) is 4.79 Å². The van der Waals surface area contributed by atoms with Gasteiger partial charge < -0.3 is 18.9 Å². The first kappa shape index (κ1) is 20.5. The molecule has 4 fully saturated rings. The molecule has 158 valence electrons. The number of carbonyl (C=O) groups excluding carboxylic acids is 1. The molecule has 28 heavy (non-hydrogen) atoms. The fourth-order valence-electron chi connectivity index (χ4n) is 5.61. The number of fused-ring (bicyclic) bond motifs is 1. The van der Waals surface area contributed by atoms with Crippen LogP contribution in [-0.2, 0) is 23.7 Å². The Morgan fingerprint density at radius 1 is 1.14 bits per heavy atom. The van der Waals surface area contributed by atoms with Crippen molar-refractivity contribution in [3.8, 4) is 0 Å². The van der Waals surface area contributed by atoms with Crippen LogP contribution < -0.4 is 0 Å². The highest BCUT2D eigenvalue weighted by atomic mass is 16.7. The summed E-state index contributed by atoms with van der Waals surface area (Å²) >= 11 is 0. The minimum atomic E-state index is -0.376. The third-order valence-electron chi connectivity index (χ3n) is 6.99. The molecule has 1 unspecified atom stereocenters. The molecule has 4 rings (SSSR count). The first-order valence-corrected chi connectivity index (χ1v) is 11.4. The van der Waals surface area contributed by atoms with E-state index in [0.717, 1.165) is 58.0 Å². The van der Waals surface area contributed by atoms with Crippen LogP contribution in [-0.4, -0.2) is 43.8 Å². The Balaban J connectivity index is 1.41. The van der Waals surface area contributed by atoms with E-state index in [0.29, 0.717) is 31.5 Å². The maximum Gasteiger partial charge on any atom is 0.169 e. The van der Waals surface area contributed by atoms with Gasteiger partial charge in [0.25, 0.3) is 0 Å². The summed E-state index contributed by atoms with van der Waals surface area (Å²) in [4.78, 5) is 12.3. The molecule has 2 heterocycles. The predicted octanol–water partition coefficient (Wildman–Crippen LogP) is 4.39. The predicted molar refractivity (Wildman–Crippen MR) is 106 cm³/mol. The zero-order chi connectivity index (χ0) is 19.4. The topological polar surface area (TPSA) is 54.0 Å². The van der Waals surface area contributed by atoms with Gasteiger partial charge in [0.2, 0.25) is 0 Å². The number of hydrogen-bond donors (Lipinski definition) is 0. The van der Waals surface area contributed by atoms with Gasteiger partial charge >= 0.3 is 0 Å². The molecular formula is C23H36O5. The van der Waals surface area contributed by atoms with Crippen LogP contribution in [0.1, 0.15) is 71.1 Å². The van der Waals surface area contributed by atoms with E-state index in [4.69, 9.17) is 18.9 Å². The van der Waals surface area contributed by atoms with Crippen molar-refractivity contribution in [1.82, 2.24) is 0 Å². The third kappa shape index (κ3) is 4.69. The monoisotopic (exact) mass is 392 g/mol. The highest BCUT2D eigenvalue weighted by Crippen LogP contribution is 2.55. The number of ether oxygens (including phenoxy) is 4. The maximum absolute atomic E-state index is 12.3. The molecule has 4 aliphatic rings. The molecule has 2 aliphatic heterocycles. The maximum atomic E-state index is 12.3. The van der Waals surface area contributed by atoms with E-state index in [1.54, 1.807) is 0 Å². The van der Waals surface area contributed by atoms with E-state index in [1.807, 2.05) is 6.08 Å². The lowest BCUT2D eigenvalue weighted by Crippen LogP contribution is -2.33. The van der Waals surface area contributed by atoms with Crippen molar-refractivity contribution in [2.24, 2.45) is 17.8 Å². The van der Waals surface area contributed by atoms with Crippen LogP contribution in [0.25, 0.3) is 0 Å². The van der Waals surface area contributed by atoms with Gasteiger partial charge in [0, 0.05) is 31.8 Å². The van der Waals surface area contributed by atoms with E-state index in [2.05, 4.69) is 13.0 Å². The SMILES string of the molecule is CCCCCC(=O)/C=C/[C@@H]1[C@H]2CC3(C[C@H]2C[C@H]1OC1CCCCO1)OCCO3. The van der Waals surface area contributed by atoms with Crippen molar-refractivity contribution in [2.45, 2.75) is 89.3 Å². The molecule has 0 bridgehead atoms. The fourth-order valence-corrected chi connectivity index (χ4v) is 5.61. The molecule has 2 saturated heterocycles. The van der Waals surface area contributed by atoms with Gasteiger partial charge in [-0.15, -0.1) is 0 Å². The van der Waals surface area contributed by atoms with E-state index < -0.39 is 0 Å². The Kier molecular flexibility index (Phi) is 6.87. The standard InChI is InChI=1S/C23H36O5/c1-2-3-4-7-18(24)9-10-19-20-16-23(26-12-13-27-23)15-17(20)14-21(19)28-22-8-5-6-11-25-22/h9-10,17,19-22H,2-8,11-16H2,1H3/b10-9+/t17-,19-,20+,21-,22?/m1/s1. The number of carbonyl (C=O) groups is 1. The molecule has 2 aliphatic carbocycles. The zero-order valence-corrected chi connectivity index (χ0v) is 17.3. The van der Waals surface area contributed by atoms with Crippen LogP contribution in [0.15, 0.2) is 12.2 Å². The van der Waals surface area contributed by atoms with Crippen molar-refractivity contribution in [3.63, 3.8) is 0 Å². The first-order valence-electron chi connectivity index (χ1n) is 11.4. The Hall–Kier alpha value is -0.750. The van der Waals surface area contributed by atoms with Gasteiger partial charge in [-0.25, -0.2) is 0 Å². The number of allylic oxidation sites excluding steroid dienone is 1. The Labute approximate surface area is 169 Å². The van der Waals surface area contributed by atoms with Crippen molar-refractivity contribution in [2.75, 3.05) is 19.8 Å². The van der Waals surface area contributed by atoms with Gasteiger partial charge in [-0.1, -0.05) is 25.8 Å². The molecular weight excluding hydrogens is 356 g/mol. The Morgan fingerprint density at radius 2 is 2.00 bits per heavy atom. The molecule has 0 amide bonds. The summed E-state index contributed by atoms with van der Waals surface area (Å²) in [6.45, 7) is 4.36. The molecule has 0 aromatic rings. The summed E-state index contributed by atoms with van der Waals surface area (Å²) in [6, 6.07) is 0. The summed E-state index contributed by atoms with van der Waals surface area (Å²) in [5.74, 6) is 1.12. The zero-order valence-electron chi connectivity index (χ0n) is 17.3. The lowest BCUT2D eigenvalue weighted by Gasteiger charge is -2.30. The highest BCUT2D eigenvalue weighted by molar-refractivity contribution is 5.89. The van der Waals surface area contributed by atoms with Crippen LogP contribution in [0.5, 0.6) is 0 Å². The van der Waals surface area contributed by atoms with Crippen molar-refractivity contribution >= 4 is 5.78 Å². The van der Waals surface area contributed by atoms with Gasteiger partial charge in [-0.3, -0.25) is 4.79 Å². The first-order chi connectivity index (χ1) is 13.7. The Morgan fingerprint density at radius 3 is 2.75 bits per heavy atom. The van der Waals surface area contributed by atoms with Crippen LogP contribution in [0, 0.1) is 17.8 Å². The number of ketones is 1. The number of unbranched alkanes of at least 4 members (excludes halogenated alkanes) is 2. The van der Waals surface area contributed by atoms with Crippen LogP contribution in [0.2, 0.25) is 0 Å². The van der Waals surface area contributed by atoms with E-state index in [-0.39, 0.29) is 29.9 Å². The molecule has 0 aromatic carbocycles. The lowest BCUT2D eigenvalue weighted by atomic mass is 9.90. The second-order valence-corrected chi connectivity index (χ2v) is 9.01. The molecule has 5 atom stereocenters. The van der Waals surface area contributed by atoms with Gasteiger partial charge in [0.1, 0.15) is 0 Å². The lowest BCUT2D eigenvalue weighted by molar-refractivity contribution is -0.197. The highest BCUT2D eigenvalue weighted by Gasteiger charge is 2.56. The third-order valence-corrected chi connectivity index (χ3v) is 6.99. The summed E-state index contributed by atoms with van der Waals surface area (Å²) < 4.78 is 24.2. The molecule has 1 spiro atoms. The fraction of sp³-hybridized carbons (Fsp3) is 0.870. The van der Waals surface area contributed by atoms with Crippen LogP contribution in [0.3, 0.4) is 0 Å². The molecule has 5 nitrogen and oxygen atoms in total. The molecule has 0 radical (unpaired) electrons.